The van der Waals surface area contributed by atoms with Gasteiger partial charge in [-0.2, -0.15) is 0 Å². The highest BCUT2D eigenvalue weighted by atomic mass is 16.2. The molecule has 2 aliphatic carbocycles. The molecule has 180 valence electrons. The quantitative estimate of drug-likeness (QED) is 0.502. The van der Waals surface area contributed by atoms with Gasteiger partial charge >= 0.3 is 0 Å². The highest BCUT2D eigenvalue weighted by Gasteiger charge is 2.60. The molecule has 0 aliphatic heterocycles. The minimum absolute atomic E-state index is 0.0183. The maximum Gasteiger partial charge on any atom is 0.163 e. The summed E-state index contributed by atoms with van der Waals surface area (Å²) in [4.78, 5) is 103. The molecule has 0 aromatic carbocycles. The van der Waals surface area contributed by atoms with E-state index in [1.54, 1.807) is 13.8 Å². The van der Waals surface area contributed by atoms with E-state index in [-0.39, 0.29) is 12.8 Å². The van der Waals surface area contributed by atoms with Crippen molar-refractivity contribution >= 4 is 46.3 Å². The first-order chi connectivity index (χ1) is 15.2. The van der Waals surface area contributed by atoms with Gasteiger partial charge in [0, 0.05) is 12.8 Å². The van der Waals surface area contributed by atoms with E-state index in [0.29, 0.717) is 12.8 Å². The third kappa shape index (κ3) is 4.32. The second-order valence-electron chi connectivity index (χ2n) is 10.2. The van der Waals surface area contributed by atoms with E-state index >= 15 is 0 Å². The SMILES string of the molecule is CCCC(=O)[C@@H]1C(=O)[C@@H](C[C@H]2C(=O)[C@H](C(=O)CCC)C(=O)C(C)(C)C2=O)C(=O)C(C)(C)C1=O. The number of carbonyl (C=O) groups excluding carboxylic acids is 8. The minimum Gasteiger partial charge on any atom is -0.298 e. The van der Waals surface area contributed by atoms with Crippen molar-refractivity contribution in [2.24, 2.45) is 34.5 Å². The highest BCUT2D eigenvalue weighted by Crippen LogP contribution is 2.42. The monoisotopic (exact) mass is 460 g/mol. The summed E-state index contributed by atoms with van der Waals surface area (Å²) >= 11 is 0. The molecule has 33 heavy (non-hydrogen) atoms. The van der Waals surface area contributed by atoms with E-state index < -0.39 is 87.2 Å². The molecule has 0 aromatic heterocycles. The third-order valence-electron chi connectivity index (χ3n) is 6.99. The first-order valence-corrected chi connectivity index (χ1v) is 11.5. The maximum absolute atomic E-state index is 13.2. The summed E-state index contributed by atoms with van der Waals surface area (Å²) in [5, 5.41) is 0. The summed E-state index contributed by atoms with van der Waals surface area (Å²) in [6, 6.07) is 0. The Bertz CT molecular complexity index is 875. The van der Waals surface area contributed by atoms with Crippen LogP contribution in [0.1, 0.15) is 73.6 Å². The van der Waals surface area contributed by atoms with Gasteiger partial charge in [0.2, 0.25) is 0 Å². The minimum atomic E-state index is -1.64. The van der Waals surface area contributed by atoms with Crippen molar-refractivity contribution < 1.29 is 38.4 Å². The van der Waals surface area contributed by atoms with Crippen LogP contribution in [0.2, 0.25) is 0 Å². The van der Waals surface area contributed by atoms with E-state index in [1.165, 1.54) is 27.7 Å². The highest BCUT2D eigenvalue weighted by molar-refractivity contribution is 6.36. The van der Waals surface area contributed by atoms with Gasteiger partial charge in [-0.3, -0.25) is 38.4 Å². The standard InChI is InChI=1S/C25H32O8/c1-7-9-14(26)16-18(28)12(20(30)24(3,4)22(16)32)11-13-19(29)17(15(27)10-8-2)23(33)25(5,6)21(13)31/h12-13,16-17H,7-11H2,1-6H3/t12-,13+,16-,17+. The molecule has 0 saturated heterocycles. The average Bonchev–Trinajstić information content (AvgIpc) is 2.72. The number of carbonyl (C=O) groups is 8. The zero-order chi connectivity index (χ0) is 25.5. The summed E-state index contributed by atoms with van der Waals surface area (Å²) in [7, 11) is 0. The maximum atomic E-state index is 13.2. The Morgan fingerprint density at radius 1 is 0.606 bits per heavy atom. The van der Waals surface area contributed by atoms with Crippen molar-refractivity contribution in [2.75, 3.05) is 0 Å². The number of Topliss-reactive ketones (excluding diaryl/α,β-unsaturated/α-hetero) is 8. The Hall–Kier alpha value is -2.64. The van der Waals surface area contributed by atoms with E-state index in [2.05, 4.69) is 0 Å². The van der Waals surface area contributed by atoms with Crippen molar-refractivity contribution in [2.45, 2.75) is 73.6 Å². The lowest BCUT2D eigenvalue weighted by molar-refractivity contribution is -0.158. The zero-order valence-electron chi connectivity index (χ0n) is 20.1. The molecule has 2 fully saturated rings. The van der Waals surface area contributed by atoms with Crippen LogP contribution in [0.4, 0.5) is 0 Å². The van der Waals surface area contributed by atoms with Crippen molar-refractivity contribution in [3.05, 3.63) is 0 Å². The van der Waals surface area contributed by atoms with E-state index in [4.69, 9.17) is 0 Å². The summed E-state index contributed by atoms with van der Waals surface area (Å²) in [5.41, 5.74) is -3.29. The fourth-order valence-corrected chi connectivity index (χ4v) is 4.83. The lowest BCUT2D eigenvalue weighted by Crippen LogP contribution is -2.59. The van der Waals surface area contributed by atoms with Crippen molar-refractivity contribution in [3.63, 3.8) is 0 Å². The molecule has 0 N–H and O–H groups in total. The van der Waals surface area contributed by atoms with Gasteiger partial charge in [0.25, 0.3) is 0 Å². The van der Waals surface area contributed by atoms with Crippen LogP contribution in [0.15, 0.2) is 0 Å². The first-order valence-electron chi connectivity index (χ1n) is 11.5. The lowest BCUT2D eigenvalue weighted by Gasteiger charge is -2.39. The van der Waals surface area contributed by atoms with Crippen LogP contribution in [-0.4, -0.2) is 46.3 Å². The molecule has 8 heteroatoms. The lowest BCUT2D eigenvalue weighted by atomic mass is 9.58. The molecule has 0 unspecified atom stereocenters. The molecule has 0 spiro atoms. The van der Waals surface area contributed by atoms with Crippen LogP contribution in [0.5, 0.6) is 0 Å². The number of hydrogen-bond acceptors (Lipinski definition) is 8. The molecule has 0 radical (unpaired) electrons. The van der Waals surface area contributed by atoms with E-state index in [1.807, 2.05) is 0 Å². The molecular weight excluding hydrogens is 428 g/mol. The molecule has 8 nitrogen and oxygen atoms in total. The predicted molar refractivity (Wildman–Crippen MR) is 116 cm³/mol. The Kier molecular flexibility index (Phi) is 7.51. The first kappa shape index (κ1) is 26.6. The average molecular weight is 461 g/mol. The second kappa shape index (κ2) is 9.31. The van der Waals surface area contributed by atoms with Crippen molar-refractivity contribution in [3.8, 4) is 0 Å². The third-order valence-corrected chi connectivity index (χ3v) is 6.99. The molecule has 2 rings (SSSR count). The topological polar surface area (TPSA) is 137 Å². The van der Waals surface area contributed by atoms with Crippen LogP contribution in [0.25, 0.3) is 0 Å². The van der Waals surface area contributed by atoms with Gasteiger partial charge < -0.3 is 0 Å². The number of hydrogen-bond donors (Lipinski definition) is 0. The van der Waals surface area contributed by atoms with Gasteiger partial charge in [0.1, 0.15) is 11.8 Å². The Morgan fingerprint density at radius 2 is 0.909 bits per heavy atom. The molecule has 0 bridgehead atoms. The predicted octanol–water partition coefficient (Wildman–Crippen LogP) is 2.07. The molecular formula is C25H32O8. The zero-order valence-corrected chi connectivity index (χ0v) is 20.1. The number of ketones is 8. The largest absolute Gasteiger partial charge is 0.298 e. The second-order valence-corrected chi connectivity index (χ2v) is 10.2. The van der Waals surface area contributed by atoms with Crippen molar-refractivity contribution in [1.29, 1.82) is 0 Å². The molecule has 0 heterocycles. The van der Waals surface area contributed by atoms with Crippen LogP contribution < -0.4 is 0 Å². The van der Waals surface area contributed by atoms with Gasteiger partial charge in [-0.25, -0.2) is 0 Å². The van der Waals surface area contributed by atoms with Gasteiger partial charge in [-0.15, -0.1) is 0 Å². The Balaban J connectivity index is 2.51. The van der Waals surface area contributed by atoms with Gasteiger partial charge in [0.15, 0.2) is 46.3 Å². The van der Waals surface area contributed by atoms with Gasteiger partial charge in [-0.1, -0.05) is 13.8 Å². The fraction of sp³-hybridized carbons (Fsp3) is 0.680. The van der Waals surface area contributed by atoms with E-state index in [9.17, 15) is 38.4 Å². The van der Waals surface area contributed by atoms with Crippen LogP contribution in [0, 0.1) is 34.5 Å². The molecule has 0 aromatic rings. The normalized spacial score (nSPS) is 29.4. The Morgan fingerprint density at radius 3 is 1.18 bits per heavy atom. The summed E-state index contributed by atoms with van der Waals surface area (Å²) < 4.78 is 0. The summed E-state index contributed by atoms with van der Waals surface area (Å²) in [5.74, 6) is -12.4. The van der Waals surface area contributed by atoms with Crippen molar-refractivity contribution in [1.82, 2.24) is 0 Å². The fourth-order valence-electron chi connectivity index (χ4n) is 4.83. The van der Waals surface area contributed by atoms with Crippen LogP contribution in [0.3, 0.4) is 0 Å². The van der Waals surface area contributed by atoms with Crippen LogP contribution in [-0.2, 0) is 38.4 Å². The summed E-state index contributed by atoms with van der Waals surface area (Å²) in [6.07, 6.45) is 0.234. The van der Waals surface area contributed by atoms with Gasteiger partial charge in [0.05, 0.1) is 22.7 Å². The summed E-state index contributed by atoms with van der Waals surface area (Å²) in [6.45, 7) is 8.75. The molecule has 0 amide bonds. The molecule has 4 atom stereocenters. The van der Waals surface area contributed by atoms with E-state index in [0.717, 1.165) is 0 Å². The smallest absolute Gasteiger partial charge is 0.163 e. The number of rotatable bonds is 8. The Labute approximate surface area is 193 Å². The van der Waals surface area contributed by atoms with Crippen LogP contribution >= 0.6 is 0 Å². The molecule has 2 aliphatic rings. The van der Waals surface area contributed by atoms with Gasteiger partial charge in [-0.05, 0) is 47.0 Å². The molecule has 2 saturated carbocycles.